The van der Waals surface area contributed by atoms with Crippen molar-refractivity contribution < 1.29 is 17.9 Å². The van der Waals surface area contributed by atoms with Crippen LogP contribution in [0.25, 0.3) is 0 Å². The molecule has 0 N–H and O–H groups in total. The van der Waals surface area contributed by atoms with Crippen molar-refractivity contribution >= 4 is 17.0 Å². The fourth-order valence-electron chi connectivity index (χ4n) is 3.98. The summed E-state index contributed by atoms with van der Waals surface area (Å²) >= 11 is -3.76. The van der Waals surface area contributed by atoms with E-state index in [0.29, 0.717) is 0 Å². The van der Waals surface area contributed by atoms with Gasteiger partial charge in [0.15, 0.2) is 0 Å². The van der Waals surface area contributed by atoms with E-state index in [-0.39, 0.29) is 27.9 Å². The number of allylic oxidation sites excluding steroid dienone is 8. The van der Waals surface area contributed by atoms with Crippen molar-refractivity contribution in [2.75, 3.05) is 0 Å². The zero-order chi connectivity index (χ0) is 22.9. The van der Waals surface area contributed by atoms with Gasteiger partial charge in [0.25, 0.3) is 0 Å². The van der Waals surface area contributed by atoms with Gasteiger partial charge in [-0.3, -0.25) is 0 Å². The molecule has 0 fully saturated rings. The summed E-state index contributed by atoms with van der Waals surface area (Å²) in [6, 6.07) is 0. The first-order valence-corrected chi connectivity index (χ1v) is 19.6. The molecule has 2 aliphatic carbocycles. The molecule has 0 aromatic rings. The first kappa shape index (κ1) is 25.7. The Morgan fingerprint density at radius 1 is 0.621 bits per heavy atom. The average Bonchev–Trinajstić information content (AvgIpc) is 3.11. The molecule has 0 saturated carbocycles. The molecule has 164 valence electrons. The SMILES string of the molecule is CC(C)(C)C(C)(C)C1=C[C](C)([Zr]([Cl])([Cl])[C]2(C)C=CC(C(C)(C)C(C)(C)C)=C2)C=C1. The summed E-state index contributed by atoms with van der Waals surface area (Å²) < 4.78 is -0.487. The first-order valence-electron chi connectivity index (χ1n) is 10.9. The number of rotatable bonds is 4. The van der Waals surface area contributed by atoms with Crippen molar-refractivity contribution in [3.05, 3.63) is 47.6 Å². The molecule has 2 atom stereocenters. The van der Waals surface area contributed by atoms with Crippen LogP contribution >= 0.6 is 17.0 Å². The van der Waals surface area contributed by atoms with E-state index >= 15 is 0 Å². The minimum atomic E-state index is -3.76. The summed E-state index contributed by atoms with van der Waals surface area (Å²) in [4.78, 5) is 0. The van der Waals surface area contributed by atoms with E-state index in [1.54, 1.807) is 0 Å². The van der Waals surface area contributed by atoms with E-state index in [1.165, 1.54) is 11.1 Å². The molecule has 0 radical (unpaired) electrons. The van der Waals surface area contributed by atoms with Crippen LogP contribution < -0.4 is 0 Å². The van der Waals surface area contributed by atoms with E-state index in [4.69, 9.17) is 17.0 Å². The predicted octanol–water partition coefficient (Wildman–Crippen LogP) is 9.94. The molecule has 2 rings (SSSR count). The maximum atomic E-state index is 7.47. The van der Waals surface area contributed by atoms with Gasteiger partial charge < -0.3 is 0 Å². The van der Waals surface area contributed by atoms with Crippen molar-refractivity contribution in [3.63, 3.8) is 0 Å². The molecule has 2 aliphatic rings. The summed E-state index contributed by atoms with van der Waals surface area (Å²) in [6.07, 6.45) is 14.0. The Morgan fingerprint density at radius 3 is 1.14 bits per heavy atom. The Morgan fingerprint density at radius 2 is 0.897 bits per heavy atom. The van der Waals surface area contributed by atoms with Gasteiger partial charge in [-0.15, -0.1) is 0 Å². The van der Waals surface area contributed by atoms with Crippen LogP contribution in [-0.2, 0) is 17.9 Å². The van der Waals surface area contributed by atoms with Gasteiger partial charge in [0.05, 0.1) is 0 Å². The fourth-order valence-corrected chi connectivity index (χ4v) is 12.7. The van der Waals surface area contributed by atoms with Gasteiger partial charge >= 0.3 is 193 Å². The Labute approximate surface area is 192 Å². The van der Waals surface area contributed by atoms with Gasteiger partial charge in [-0.1, -0.05) is 0 Å². The van der Waals surface area contributed by atoms with Crippen LogP contribution in [0.4, 0.5) is 0 Å². The monoisotopic (exact) mass is 514 g/mol. The van der Waals surface area contributed by atoms with E-state index in [0.717, 1.165) is 0 Å². The van der Waals surface area contributed by atoms with Crippen LogP contribution in [0.1, 0.15) is 83.1 Å². The Hall–Kier alpha value is 0.423. The third-order valence-electron chi connectivity index (χ3n) is 8.68. The van der Waals surface area contributed by atoms with E-state index in [9.17, 15) is 0 Å². The quantitative estimate of drug-likeness (QED) is 0.349. The molecule has 0 heterocycles. The van der Waals surface area contributed by atoms with Crippen molar-refractivity contribution in [2.45, 2.75) is 89.3 Å². The molecule has 29 heavy (non-hydrogen) atoms. The second-order valence-corrected chi connectivity index (χ2v) is 28.7. The molecular formula is C26H42Cl2Zr. The van der Waals surface area contributed by atoms with Crippen molar-refractivity contribution in [1.82, 2.24) is 0 Å². The zero-order valence-electron chi connectivity index (χ0n) is 20.7. The third kappa shape index (κ3) is 4.00. The van der Waals surface area contributed by atoms with E-state index < -0.39 is 17.9 Å². The molecule has 0 bridgehead atoms. The summed E-state index contributed by atoms with van der Waals surface area (Å²) in [7, 11) is 14.9. The van der Waals surface area contributed by atoms with Crippen LogP contribution in [0.2, 0.25) is 6.25 Å². The summed E-state index contributed by atoms with van der Waals surface area (Å²) in [5.74, 6) is 0. The van der Waals surface area contributed by atoms with Crippen molar-refractivity contribution in [2.24, 2.45) is 21.7 Å². The van der Waals surface area contributed by atoms with Crippen LogP contribution in [0.3, 0.4) is 0 Å². The Bertz CT molecular complexity index is 728. The normalized spacial score (nSPS) is 28.8. The van der Waals surface area contributed by atoms with Crippen LogP contribution in [0.5, 0.6) is 0 Å². The minimum absolute atomic E-state index is 0.0542. The summed E-state index contributed by atoms with van der Waals surface area (Å²) in [6.45, 7) is 27.7. The third-order valence-corrected chi connectivity index (χ3v) is 26.5. The molecule has 2 unspecified atom stereocenters. The molecule has 0 spiro atoms. The van der Waals surface area contributed by atoms with Crippen molar-refractivity contribution in [3.8, 4) is 0 Å². The zero-order valence-corrected chi connectivity index (χ0v) is 24.7. The molecule has 0 saturated heterocycles. The van der Waals surface area contributed by atoms with Gasteiger partial charge in [0, 0.05) is 0 Å². The fraction of sp³-hybridized carbons (Fsp3) is 0.692. The molecule has 0 amide bonds. The van der Waals surface area contributed by atoms with Gasteiger partial charge in [-0.25, -0.2) is 0 Å². The predicted molar refractivity (Wildman–Crippen MR) is 129 cm³/mol. The molecule has 0 aromatic heterocycles. The summed E-state index contributed by atoms with van der Waals surface area (Å²) in [5.41, 5.74) is 3.15. The van der Waals surface area contributed by atoms with Crippen molar-refractivity contribution in [1.29, 1.82) is 0 Å². The number of halogens is 2. The summed E-state index contributed by atoms with van der Waals surface area (Å²) in [5, 5.41) is 0. The van der Waals surface area contributed by atoms with Gasteiger partial charge in [-0.05, 0) is 0 Å². The molecule has 3 heteroatoms. The Balaban J connectivity index is 2.49. The van der Waals surface area contributed by atoms with Crippen LogP contribution in [-0.4, -0.2) is 0 Å². The maximum absolute atomic E-state index is 7.47. The Kier molecular flexibility index (Phi) is 6.39. The van der Waals surface area contributed by atoms with Gasteiger partial charge in [0.1, 0.15) is 0 Å². The molecule has 0 aliphatic heterocycles. The average molecular weight is 517 g/mol. The number of hydrogen-bond donors (Lipinski definition) is 0. The standard InChI is InChI=1S/2C13H21.2ClH.Zr/c2*1-10-7-8-11(9-10)13(5,6)12(2,3)4;;;/h2*7-9H,1-6H3;2*1H;/q;;;;+2/p-2. The van der Waals surface area contributed by atoms with E-state index in [1.807, 2.05) is 0 Å². The van der Waals surface area contributed by atoms with E-state index in [2.05, 4.69) is 120 Å². The molecule has 0 aromatic carbocycles. The molecular weight excluding hydrogens is 474 g/mol. The second kappa shape index (κ2) is 7.22. The van der Waals surface area contributed by atoms with Crippen LogP contribution in [0.15, 0.2) is 47.6 Å². The van der Waals surface area contributed by atoms with Gasteiger partial charge in [-0.2, -0.15) is 0 Å². The second-order valence-electron chi connectivity index (χ2n) is 12.8. The van der Waals surface area contributed by atoms with Crippen LogP contribution in [0, 0.1) is 21.7 Å². The number of hydrogen-bond acceptors (Lipinski definition) is 0. The molecule has 0 nitrogen and oxygen atoms in total. The topological polar surface area (TPSA) is 0 Å². The van der Waals surface area contributed by atoms with Gasteiger partial charge in [0.2, 0.25) is 0 Å². The first-order chi connectivity index (χ1) is 12.6.